The molecule has 0 spiro atoms. The van der Waals surface area contributed by atoms with Crippen molar-refractivity contribution in [3.05, 3.63) is 51.3 Å². The van der Waals surface area contributed by atoms with Gasteiger partial charge < -0.3 is 15.0 Å². The van der Waals surface area contributed by atoms with E-state index >= 15 is 0 Å². The third-order valence-corrected chi connectivity index (χ3v) is 3.14. The third kappa shape index (κ3) is 2.63. The average Bonchev–Trinajstić information content (AvgIpc) is 2.86. The molecule has 3 N–H and O–H groups in total. The first-order valence-electron chi connectivity index (χ1n) is 6.73. The Bertz CT molecular complexity index is 880. The van der Waals surface area contributed by atoms with Gasteiger partial charge in [0.05, 0.1) is 12.3 Å². The van der Waals surface area contributed by atoms with E-state index < -0.39 is 11.2 Å². The van der Waals surface area contributed by atoms with Gasteiger partial charge in [-0.15, -0.1) is 0 Å². The first-order valence-corrected chi connectivity index (χ1v) is 6.73. The zero-order valence-corrected chi connectivity index (χ0v) is 11.9. The van der Waals surface area contributed by atoms with E-state index in [1.165, 1.54) is 6.07 Å². The molecule has 3 rings (SSSR count). The minimum absolute atomic E-state index is 0.359. The number of anilines is 1. The Morgan fingerprint density at radius 3 is 2.95 bits per heavy atom. The van der Waals surface area contributed by atoms with Gasteiger partial charge in [0, 0.05) is 25.9 Å². The molecule has 0 aromatic carbocycles. The Morgan fingerprint density at radius 2 is 2.18 bits per heavy atom. The summed E-state index contributed by atoms with van der Waals surface area (Å²) in [7, 11) is 1.62. The highest BCUT2D eigenvalue weighted by Gasteiger charge is 2.14. The van der Waals surface area contributed by atoms with Crippen LogP contribution in [0.2, 0.25) is 0 Å². The van der Waals surface area contributed by atoms with E-state index in [-0.39, 0.29) is 0 Å². The van der Waals surface area contributed by atoms with Gasteiger partial charge in [-0.05, 0) is 12.1 Å². The number of hydrogen-bond donors (Lipinski definition) is 3. The summed E-state index contributed by atoms with van der Waals surface area (Å²) < 4.78 is 6.88. The van der Waals surface area contributed by atoms with E-state index in [0.717, 1.165) is 0 Å². The molecule has 0 aliphatic heterocycles. The van der Waals surface area contributed by atoms with Crippen LogP contribution in [0.25, 0.3) is 17.0 Å². The van der Waals surface area contributed by atoms with Gasteiger partial charge in [-0.2, -0.15) is 0 Å². The maximum atomic E-state index is 11.5. The number of nitrogens with zero attached hydrogens (tertiary/aromatic N) is 2. The molecule has 3 heterocycles. The second kappa shape index (κ2) is 5.86. The van der Waals surface area contributed by atoms with Crippen molar-refractivity contribution >= 4 is 11.5 Å². The fourth-order valence-electron chi connectivity index (χ4n) is 2.22. The SMILES string of the molecule is COCCNc1c(-c2cc(=O)[nH]c(=O)[nH]2)nc2ccccn12. The number of imidazole rings is 1. The number of ether oxygens (including phenoxy) is 1. The Morgan fingerprint density at radius 1 is 1.32 bits per heavy atom. The molecule has 3 aromatic rings. The van der Waals surface area contributed by atoms with Gasteiger partial charge in [0.25, 0.3) is 5.56 Å². The lowest BCUT2D eigenvalue weighted by Crippen LogP contribution is -2.22. The number of hydrogen-bond acceptors (Lipinski definition) is 5. The van der Waals surface area contributed by atoms with Crippen LogP contribution in [0, 0.1) is 0 Å². The molecule has 3 aromatic heterocycles. The minimum Gasteiger partial charge on any atom is -0.383 e. The Labute approximate surface area is 124 Å². The molecule has 0 radical (unpaired) electrons. The van der Waals surface area contributed by atoms with Gasteiger partial charge in [0.1, 0.15) is 17.2 Å². The van der Waals surface area contributed by atoms with Crippen molar-refractivity contribution in [3.63, 3.8) is 0 Å². The van der Waals surface area contributed by atoms with Crippen LogP contribution in [-0.2, 0) is 4.74 Å². The zero-order chi connectivity index (χ0) is 15.5. The van der Waals surface area contributed by atoms with E-state index in [1.807, 2.05) is 28.8 Å². The van der Waals surface area contributed by atoms with Crippen molar-refractivity contribution in [2.45, 2.75) is 0 Å². The fraction of sp³-hybridized carbons (Fsp3) is 0.214. The minimum atomic E-state index is -0.567. The summed E-state index contributed by atoms with van der Waals surface area (Å²) in [6, 6.07) is 6.90. The number of pyridine rings is 1. The van der Waals surface area contributed by atoms with E-state index in [4.69, 9.17) is 4.74 Å². The molecule has 0 saturated carbocycles. The lowest BCUT2D eigenvalue weighted by Gasteiger charge is -2.07. The topological polar surface area (TPSA) is 104 Å². The summed E-state index contributed by atoms with van der Waals surface area (Å²) in [4.78, 5) is 32.2. The van der Waals surface area contributed by atoms with Gasteiger partial charge >= 0.3 is 5.69 Å². The number of rotatable bonds is 5. The van der Waals surface area contributed by atoms with Crippen molar-refractivity contribution in [3.8, 4) is 11.4 Å². The smallest absolute Gasteiger partial charge is 0.326 e. The summed E-state index contributed by atoms with van der Waals surface area (Å²) in [5.41, 5.74) is 0.530. The van der Waals surface area contributed by atoms with Gasteiger partial charge in [0.2, 0.25) is 0 Å². The molecule has 22 heavy (non-hydrogen) atoms. The van der Waals surface area contributed by atoms with E-state index in [0.29, 0.717) is 36.0 Å². The highest BCUT2D eigenvalue weighted by Crippen LogP contribution is 2.25. The summed E-state index contributed by atoms with van der Waals surface area (Å²) in [6.07, 6.45) is 1.85. The largest absolute Gasteiger partial charge is 0.383 e. The number of nitrogens with one attached hydrogen (secondary N) is 3. The van der Waals surface area contributed by atoms with Crippen LogP contribution in [0.3, 0.4) is 0 Å². The van der Waals surface area contributed by atoms with Crippen molar-refractivity contribution in [2.75, 3.05) is 25.6 Å². The predicted octanol–water partition coefficient (Wildman–Crippen LogP) is 0.436. The molecule has 114 valence electrons. The quantitative estimate of drug-likeness (QED) is 0.593. The van der Waals surface area contributed by atoms with Gasteiger partial charge in [0.15, 0.2) is 0 Å². The highest BCUT2D eigenvalue weighted by molar-refractivity contribution is 5.74. The summed E-state index contributed by atoms with van der Waals surface area (Å²) >= 11 is 0. The van der Waals surface area contributed by atoms with Crippen molar-refractivity contribution in [2.24, 2.45) is 0 Å². The molecule has 0 aliphatic rings. The third-order valence-electron chi connectivity index (χ3n) is 3.14. The van der Waals surface area contributed by atoms with Crippen LogP contribution >= 0.6 is 0 Å². The molecular weight excluding hydrogens is 286 g/mol. The standard InChI is InChI=1S/C14H15N5O3/c1-22-7-5-15-13-12(9-8-11(20)18-14(21)16-9)17-10-4-2-3-6-19(10)13/h2-4,6,8,15H,5,7H2,1H3,(H2,16,18,20,21). The van der Waals surface area contributed by atoms with E-state index in [2.05, 4.69) is 20.3 Å². The second-order valence-corrected chi connectivity index (χ2v) is 4.66. The van der Waals surface area contributed by atoms with Crippen LogP contribution in [0.15, 0.2) is 40.1 Å². The Hall–Kier alpha value is -2.87. The molecule has 0 aliphatic carbocycles. The lowest BCUT2D eigenvalue weighted by atomic mass is 10.3. The maximum absolute atomic E-state index is 11.5. The molecule has 8 heteroatoms. The van der Waals surface area contributed by atoms with E-state index in [9.17, 15) is 9.59 Å². The number of methoxy groups -OCH3 is 1. The average molecular weight is 301 g/mol. The molecule has 0 fully saturated rings. The van der Waals surface area contributed by atoms with Crippen molar-refractivity contribution in [1.29, 1.82) is 0 Å². The predicted molar refractivity (Wildman–Crippen MR) is 82.2 cm³/mol. The van der Waals surface area contributed by atoms with Gasteiger partial charge in [-0.3, -0.25) is 14.2 Å². The molecule has 0 bridgehead atoms. The number of H-pyrrole nitrogens is 2. The second-order valence-electron chi connectivity index (χ2n) is 4.66. The Balaban J connectivity index is 2.16. The zero-order valence-electron chi connectivity index (χ0n) is 11.9. The number of aromatic amines is 2. The first kappa shape index (κ1) is 14.1. The molecule has 0 saturated heterocycles. The fourth-order valence-corrected chi connectivity index (χ4v) is 2.22. The number of fused-ring (bicyclic) bond motifs is 1. The maximum Gasteiger partial charge on any atom is 0.326 e. The normalized spacial score (nSPS) is 11.0. The first-order chi connectivity index (χ1) is 10.7. The van der Waals surface area contributed by atoms with Crippen LogP contribution in [0.5, 0.6) is 0 Å². The van der Waals surface area contributed by atoms with Crippen LogP contribution in [-0.4, -0.2) is 39.6 Å². The Kier molecular flexibility index (Phi) is 3.75. The molecule has 0 unspecified atom stereocenters. The molecule has 0 atom stereocenters. The molecule has 0 amide bonds. The van der Waals surface area contributed by atoms with Gasteiger partial charge in [-0.1, -0.05) is 6.07 Å². The van der Waals surface area contributed by atoms with Crippen molar-refractivity contribution in [1.82, 2.24) is 19.4 Å². The van der Waals surface area contributed by atoms with Crippen LogP contribution < -0.4 is 16.6 Å². The van der Waals surface area contributed by atoms with Crippen molar-refractivity contribution < 1.29 is 4.74 Å². The summed E-state index contributed by atoms with van der Waals surface area (Å²) in [6.45, 7) is 1.09. The van der Waals surface area contributed by atoms with E-state index in [1.54, 1.807) is 7.11 Å². The van der Waals surface area contributed by atoms with Crippen LogP contribution in [0.4, 0.5) is 5.82 Å². The highest BCUT2D eigenvalue weighted by atomic mass is 16.5. The lowest BCUT2D eigenvalue weighted by molar-refractivity contribution is 0.210. The summed E-state index contributed by atoms with van der Waals surface area (Å²) in [5, 5.41) is 3.22. The molecular formula is C14H15N5O3. The summed E-state index contributed by atoms with van der Waals surface area (Å²) in [5.74, 6) is 0.689. The number of aromatic nitrogens is 4. The monoisotopic (exact) mass is 301 g/mol. The molecule has 8 nitrogen and oxygen atoms in total. The van der Waals surface area contributed by atoms with Gasteiger partial charge in [-0.25, -0.2) is 9.78 Å². The van der Waals surface area contributed by atoms with Crippen LogP contribution in [0.1, 0.15) is 0 Å².